The third-order valence-corrected chi connectivity index (χ3v) is 3.88. The Kier molecular flexibility index (Phi) is 2.94. The van der Waals surface area contributed by atoms with E-state index in [2.05, 4.69) is 31.4 Å². The van der Waals surface area contributed by atoms with Gasteiger partial charge in [-0.05, 0) is 29.0 Å². The van der Waals surface area contributed by atoms with E-state index < -0.39 is 0 Å². The molecule has 1 heteroatoms. The van der Waals surface area contributed by atoms with E-state index in [1.54, 1.807) is 4.88 Å². The van der Waals surface area contributed by atoms with Crippen LogP contribution in [0.25, 0.3) is 0 Å². The highest BCUT2D eigenvalue weighted by atomic mass is 32.2. The molecule has 0 radical (unpaired) electrons. The molecule has 0 aliphatic heterocycles. The number of thiophene rings is 1. The smallest absolute Gasteiger partial charge is 0.0652 e. The lowest BCUT2D eigenvalue weighted by Gasteiger charge is -1.87. The Labute approximate surface area is 65.9 Å². The second-order valence-corrected chi connectivity index (χ2v) is 4.77. The fourth-order valence-corrected chi connectivity index (χ4v) is 2.79. The van der Waals surface area contributed by atoms with E-state index in [-0.39, 0.29) is 0 Å². The van der Waals surface area contributed by atoms with Crippen molar-refractivity contribution in [2.45, 2.75) is 32.4 Å². The Balaban J connectivity index is 2.49. The van der Waals surface area contributed by atoms with Crippen molar-refractivity contribution in [3.8, 4) is 0 Å². The van der Waals surface area contributed by atoms with Crippen LogP contribution in [0.5, 0.6) is 0 Å². The van der Waals surface area contributed by atoms with Crippen LogP contribution in [0.4, 0.5) is 0 Å². The van der Waals surface area contributed by atoms with Crippen molar-refractivity contribution in [2.24, 2.45) is 0 Å². The summed E-state index contributed by atoms with van der Waals surface area (Å²) < 4.78 is 0. The number of hydrogen-bond acceptors (Lipinski definition) is 0. The SMILES string of the molecule is CCCC[s+]1cccc1C. The van der Waals surface area contributed by atoms with Gasteiger partial charge in [-0.1, -0.05) is 13.3 Å². The van der Waals surface area contributed by atoms with Crippen LogP contribution >= 0.6 is 10.5 Å². The van der Waals surface area contributed by atoms with Crippen molar-refractivity contribution < 1.29 is 0 Å². The Bertz CT molecular complexity index is 188. The highest BCUT2D eigenvalue weighted by Crippen LogP contribution is 2.25. The molecule has 10 heavy (non-hydrogen) atoms. The molecule has 1 atom stereocenters. The summed E-state index contributed by atoms with van der Waals surface area (Å²) in [5.74, 6) is 1.37. The monoisotopic (exact) mass is 155 g/mol. The third-order valence-electron chi connectivity index (χ3n) is 1.71. The summed E-state index contributed by atoms with van der Waals surface area (Å²) in [5, 5.41) is 2.34. The molecule has 1 unspecified atom stereocenters. The average Bonchev–Trinajstić information content (AvgIpc) is 2.31. The van der Waals surface area contributed by atoms with Crippen LogP contribution in [0, 0.1) is 6.92 Å². The van der Waals surface area contributed by atoms with E-state index in [0.717, 1.165) is 0 Å². The van der Waals surface area contributed by atoms with Gasteiger partial charge in [-0.3, -0.25) is 0 Å². The second kappa shape index (κ2) is 3.77. The van der Waals surface area contributed by atoms with E-state index >= 15 is 0 Å². The van der Waals surface area contributed by atoms with Gasteiger partial charge in [-0.15, -0.1) is 0 Å². The van der Waals surface area contributed by atoms with Crippen LogP contribution in [-0.4, -0.2) is 0 Å². The van der Waals surface area contributed by atoms with Crippen LogP contribution in [0.1, 0.15) is 24.6 Å². The molecule has 0 aliphatic carbocycles. The zero-order valence-electron chi connectivity index (χ0n) is 6.76. The first-order chi connectivity index (χ1) is 4.84. The maximum atomic E-state index is 2.34. The van der Waals surface area contributed by atoms with E-state index in [1.165, 1.54) is 18.6 Å². The number of rotatable bonds is 3. The van der Waals surface area contributed by atoms with E-state index in [1.807, 2.05) is 0 Å². The van der Waals surface area contributed by atoms with Crippen molar-refractivity contribution >= 4 is 10.5 Å². The summed E-state index contributed by atoms with van der Waals surface area (Å²) in [4.78, 5) is 1.56. The molecule has 0 aromatic carbocycles. The molecular weight excluding hydrogens is 140 g/mol. The average molecular weight is 155 g/mol. The van der Waals surface area contributed by atoms with Crippen molar-refractivity contribution in [2.75, 3.05) is 0 Å². The minimum Gasteiger partial charge on any atom is -0.0652 e. The topological polar surface area (TPSA) is 0 Å². The second-order valence-electron chi connectivity index (χ2n) is 2.59. The van der Waals surface area contributed by atoms with Gasteiger partial charge in [-0.2, -0.15) is 0 Å². The van der Waals surface area contributed by atoms with Gasteiger partial charge in [0.15, 0.2) is 0 Å². The number of unbranched alkanes of at least 4 members (excludes halogenated alkanes) is 1. The van der Waals surface area contributed by atoms with Gasteiger partial charge in [0.2, 0.25) is 0 Å². The van der Waals surface area contributed by atoms with Crippen LogP contribution in [0.2, 0.25) is 0 Å². The Hall–Kier alpha value is -0.300. The van der Waals surface area contributed by atoms with Crippen LogP contribution in [-0.2, 0) is 5.75 Å². The molecule has 0 fully saturated rings. The van der Waals surface area contributed by atoms with Gasteiger partial charge < -0.3 is 0 Å². The normalized spacial score (nSPS) is 12.0. The molecule has 0 amide bonds. The molecule has 0 N–H and O–H groups in total. The zero-order chi connectivity index (χ0) is 7.40. The quantitative estimate of drug-likeness (QED) is 0.586. The standard InChI is InChI=1S/C9H15S/c1-3-4-7-10-8-5-6-9(10)2/h5-6,8H,3-4,7H2,1-2H3/q+1. The van der Waals surface area contributed by atoms with E-state index in [9.17, 15) is 0 Å². The van der Waals surface area contributed by atoms with Crippen LogP contribution in [0.15, 0.2) is 17.5 Å². The van der Waals surface area contributed by atoms with Gasteiger partial charge in [-0.25, -0.2) is 0 Å². The van der Waals surface area contributed by atoms with Gasteiger partial charge in [0.25, 0.3) is 0 Å². The molecule has 56 valence electrons. The Morgan fingerprint density at radius 2 is 2.30 bits per heavy atom. The van der Waals surface area contributed by atoms with Crippen LogP contribution < -0.4 is 0 Å². The maximum absolute atomic E-state index is 2.34. The van der Waals surface area contributed by atoms with Crippen LogP contribution in [0.3, 0.4) is 0 Å². The fourth-order valence-electron chi connectivity index (χ4n) is 0.993. The highest BCUT2D eigenvalue weighted by molar-refractivity contribution is 7.29. The molecule has 1 rings (SSSR count). The zero-order valence-corrected chi connectivity index (χ0v) is 7.58. The summed E-state index contributed by atoms with van der Waals surface area (Å²) >= 11 is 0. The Morgan fingerprint density at radius 3 is 2.80 bits per heavy atom. The predicted molar refractivity (Wildman–Crippen MR) is 48.6 cm³/mol. The fraction of sp³-hybridized carbons (Fsp3) is 0.556. The summed E-state index contributed by atoms with van der Waals surface area (Å²) in [7, 11) is 0.509. The molecule has 0 nitrogen and oxygen atoms in total. The van der Waals surface area contributed by atoms with Crippen molar-refractivity contribution in [3.05, 3.63) is 22.4 Å². The largest absolute Gasteiger partial charge is 0.147 e. The first-order valence-corrected chi connectivity index (χ1v) is 5.35. The number of hydrogen-bond donors (Lipinski definition) is 0. The lowest BCUT2D eigenvalue weighted by atomic mass is 10.4. The molecular formula is C9H15S+. The van der Waals surface area contributed by atoms with Gasteiger partial charge >= 0.3 is 0 Å². The Morgan fingerprint density at radius 1 is 1.50 bits per heavy atom. The molecule has 1 aromatic rings. The van der Waals surface area contributed by atoms with E-state index in [4.69, 9.17) is 0 Å². The van der Waals surface area contributed by atoms with Crippen molar-refractivity contribution in [1.29, 1.82) is 0 Å². The summed E-state index contributed by atoms with van der Waals surface area (Å²) in [5.41, 5.74) is 0. The highest BCUT2D eigenvalue weighted by Gasteiger charge is 2.05. The first-order valence-electron chi connectivity index (χ1n) is 3.89. The molecule has 1 aromatic heterocycles. The molecule has 0 saturated heterocycles. The molecule has 1 heterocycles. The lowest BCUT2D eigenvalue weighted by molar-refractivity contribution is 0.853. The minimum atomic E-state index is 0.509. The van der Waals surface area contributed by atoms with Gasteiger partial charge in [0.05, 0.1) is 0 Å². The third kappa shape index (κ3) is 1.84. The lowest BCUT2D eigenvalue weighted by Crippen LogP contribution is -1.72. The number of aryl methyl sites for hydroxylation is 2. The van der Waals surface area contributed by atoms with Gasteiger partial charge in [0.1, 0.15) is 16.0 Å². The summed E-state index contributed by atoms with van der Waals surface area (Å²) in [6.07, 6.45) is 2.70. The molecule has 0 bridgehead atoms. The summed E-state index contributed by atoms with van der Waals surface area (Å²) in [6, 6.07) is 4.42. The molecule has 0 aliphatic rings. The van der Waals surface area contributed by atoms with Gasteiger partial charge in [0, 0.05) is 6.92 Å². The predicted octanol–water partition coefficient (Wildman–Crippen LogP) is 3.54. The van der Waals surface area contributed by atoms with Crippen molar-refractivity contribution in [1.82, 2.24) is 0 Å². The molecule has 0 spiro atoms. The minimum absolute atomic E-state index is 0.509. The van der Waals surface area contributed by atoms with Crippen molar-refractivity contribution in [3.63, 3.8) is 0 Å². The molecule has 0 saturated carbocycles. The first kappa shape index (κ1) is 7.80. The summed E-state index contributed by atoms with van der Waals surface area (Å²) in [6.45, 7) is 4.49. The van der Waals surface area contributed by atoms with E-state index in [0.29, 0.717) is 10.5 Å². The maximum Gasteiger partial charge on any atom is 0.147 e.